The molecule has 0 bridgehead atoms. The number of aliphatic hydroxyl groups excluding tert-OH is 1. The zero-order valence-electron chi connectivity index (χ0n) is 19.1. The highest BCUT2D eigenvalue weighted by Crippen LogP contribution is 2.30. The van der Waals surface area contributed by atoms with Crippen LogP contribution in [0, 0.1) is 12.3 Å². The molecule has 1 amide bonds. The summed E-state index contributed by atoms with van der Waals surface area (Å²) in [5, 5.41) is 12.5. The van der Waals surface area contributed by atoms with Crippen LogP contribution in [0.1, 0.15) is 22.2 Å². The number of nitrogens with one attached hydrogen (secondary N) is 1. The molecule has 0 aromatic heterocycles. The Balaban J connectivity index is 1.52. The van der Waals surface area contributed by atoms with Gasteiger partial charge in [-0.3, -0.25) is 4.79 Å². The third-order valence-electron chi connectivity index (χ3n) is 4.50. The minimum absolute atomic E-state index is 0.268. The Morgan fingerprint density at radius 2 is 1.56 bits per heavy atom. The number of methoxy groups -OCH3 is 1. The average Bonchev–Trinajstić information content (AvgIpc) is 3.25. The van der Waals surface area contributed by atoms with E-state index < -0.39 is 24.7 Å². The first-order valence-corrected chi connectivity index (χ1v) is 10.8. The van der Waals surface area contributed by atoms with E-state index in [0.29, 0.717) is 63.9 Å². The molecule has 0 saturated carbocycles. The normalized spacial score (nSPS) is 19.5. The maximum atomic E-state index is 12.2. The number of ether oxygens (including phenoxy) is 7. The van der Waals surface area contributed by atoms with Gasteiger partial charge in [-0.2, -0.15) is 0 Å². The smallest absolute Gasteiger partial charge is 0.340 e. The van der Waals surface area contributed by atoms with Crippen molar-refractivity contribution in [3.05, 3.63) is 35.4 Å². The predicted octanol–water partition coefficient (Wildman–Crippen LogP) is 0.0214. The number of benzene rings is 1. The fourth-order valence-electron chi connectivity index (χ4n) is 2.80. The van der Waals surface area contributed by atoms with Crippen molar-refractivity contribution < 1.29 is 47.9 Å². The number of rotatable bonds is 16. The first kappa shape index (κ1) is 27.7. The van der Waals surface area contributed by atoms with Crippen molar-refractivity contribution in [3.63, 3.8) is 0 Å². The van der Waals surface area contributed by atoms with Crippen LogP contribution in [0.25, 0.3) is 0 Å². The third kappa shape index (κ3) is 9.74. The summed E-state index contributed by atoms with van der Waals surface area (Å²) in [5.41, 5.74) is 0.979. The molecule has 1 aromatic carbocycles. The standard InChI is InChI=1S/C23H31NO10/c1-3-9-29-11-13-31-15-16-32-14-12-30-10-8-24-20(25)17-4-6-18(7-5-17)23-33-19(21(26)28-2)22(27)34-23/h1,4-7,19,22-23,27H,8-16H2,2H3,(H,24,25)/t19-,22+,23?/m0/s1. The number of carbonyl (C=O) groups is 2. The monoisotopic (exact) mass is 481 g/mol. The summed E-state index contributed by atoms with van der Waals surface area (Å²) < 4.78 is 36.3. The largest absolute Gasteiger partial charge is 0.467 e. The van der Waals surface area contributed by atoms with Crippen LogP contribution in [0.2, 0.25) is 0 Å². The molecule has 1 heterocycles. The van der Waals surface area contributed by atoms with Crippen molar-refractivity contribution in [2.75, 3.05) is 66.5 Å². The quantitative estimate of drug-likeness (QED) is 0.189. The van der Waals surface area contributed by atoms with Gasteiger partial charge in [0.05, 0.1) is 53.4 Å². The molecule has 1 aromatic rings. The summed E-state index contributed by atoms with van der Waals surface area (Å²) in [5.74, 6) is 1.38. The molecule has 0 radical (unpaired) electrons. The van der Waals surface area contributed by atoms with E-state index in [2.05, 4.69) is 16.0 Å². The van der Waals surface area contributed by atoms with E-state index in [0.717, 1.165) is 0 Å². The molecule has 1 fully saturated rings. The highest BCUT2D eigenvalue weighted by atomic mass is 16.8. The minimum atomic E-state index is -1.43. The first-order valence-electron chi connectivity index (χ1n) is 10.8. The lowest BCUT2D eigenvalue weighted by Gasteiger charge is -2.11. The van der Waals surface area contributed by atoms with Crippen LogP contribution < -0.4 is 5.32 Å². The zero-order valence-corrected chi connectivity index (χ0v) is 19.1. The molecule has 11 nitrogen and oxygen atoms in total. The number of hydrogen-bond donors (Lipinski definition) is 2. The van der Waals surface area contributed by atoms with Crippen molar-refractivity contribution in [1.82, 2.24) is 5.32 Å². The molecular formula is C23H31NO10. The van der Waals surface area contributed by atoms with E-state index in [4.69, 9.17) is 34.8 Å². The van der Waals surface area contributed by atoms with E-state index in [1.165, 1.54) is 7.11 Å². The van der Waals surface area contributed by atoms with Gasteiger partial charge in [0.2, 0.25) is 6.10 Å². The summed E-state index contributed by atoms with van der Waals surface area (Å²) in [6.45, 7) is 3.60. The van der Waals surface area contributed by atoms with Gasteiger partial charge in [-0.05, 0) is 12.1 Å². The van der Waals surface area contributed by atoms with Crippen LogP contribution in [-0.4, -0.2) is 95.9 Å². The molecule has 11 heteroatoms. The Bertz CT molecular complexity index is 779. The Morgan fingerprint density at radius 3 is 2.15 bits per heavy atom. The molecule has 2 N–H and O–H groups in total. The summed E-state index contributed by atoms with van der Waals surface area (Å²) >= 11 is 0. The van der Waals surface area contributed by atoms with Gasteiger partial charge < -0.3 is 43.6 Å². The highest BCUT2D eigenvalue weighted by Gasteiger charge is 2.41. The SMILES string of the molecule is C#CCOCCOCCOCCOCCNC(=O)c1ccc(C2O[C@@H](O)[C@H](C(=O)OC)O2)cc1. The van der Waals surface area contributed by atoms with Gasteiger partial charge in [0.15, 0.2) is 12.6 Å². The molecule has 34 heavy (non-hydrogen) atoms. The van der Waals surface area contributed by atoms with E-state index in [1.54, 1.807) is 24.3 Å². The number of amides is 1. The maximum Gasteiger partial charge on any atom is 0.340 e. The molecule has 0 aliphatic carbocycles. The zero-order chi connectivity index (χ0) is 24.6. The van der Waals surface area contributed by atoms with Crippen molar-refractivity contribution in [2.24, 2.45) is 0 Å². The fraction of sp³-hybridized carbons (Fsp3) is 0.565. The van der Waals surface area contributed by atoms with Gasteiger partial charge >= 0.3 is 5.97 Å². The summed E-state index contributed by atoms with van der Waals surface area (Å²) in [6, 6.07) is 6.42. The van der Waals surface area contributed by atoms with E-state index in [-0.39, 0.29) is 12.5 Å². The van der Waals surface area contributed by atoms with Gasteiger partial charge in [-0.25, -0.2) is 4.79 Å². The molecule has 3 atom stereocenters. The molecule has 1 aliphatic rings. The summed E-state index contributed by atoms with van der Waals surface area (Å²) in [7, 11) is 1.19. The third-order valence-corrected chi connectivity index (χ3v) is 4.50. The molecule has 1 aliphatic heterocycles. The lowest BCUT2D eigenvalue weighted by molar-refractivity contribution is -0.157. The molecule has 188 valence electrons. The maximum absolute atomic E-state index is 12.2. The number of terminal acetylenes is 1. The second-order valence-corrected chi connectivity index (χ2v) is 6.91. The van der Waals surface area contributed by atoms with E-state index in [1.807, 2.05) is 0 Å². The molecule has 1 saturated heterocycles. The van der Waals surface area contributed by atoms with Crippen LogP contribution in [0.3, 0.4) is 0 Å². The van der Waals surface area contributed by atoms with Crippen LogP contribution in [0.15, 0.2) is 24.3 Å². The lowest BCUT2D eigenvalue weighted by atomic mass is 10.1. The topological polar surface area (TPSA) is 131 Å². The first-order chi connectivity index (χ1) is 16.6. The molecule has 1 unspecified atom stereocenters. The van der Waals surface area contributed by atoms with Gasteiger partial charge in [0.25, 0.3) is 5.91 Å². The summed E-state index contributed by atoms with van der Waals surface area (Å²) in [4.78, 5) is 23.8. The van der Waals surface area contributed by atoms with Gasteiger partial charge in [0.1, 0.15) is 6.61 Å². The lowest BCUT2D eigenvalue weighted by Crippen LogP contribution is -2.31. The molecular weight excluding hydrogens is 450 g/mol. The minimum Gasteiger partial charge on any atom is -0.467 e. The van der Waals surface area contributed by atoms with Crippen molar-refractivity contribution in [1.29, 1.82) is 0 Å². The van der Waals surface area contributed by atoms with Gasteiger partial charge in [-0.15, -0.1) is 6.42 Å². The van der Waals surface area contributed by atoms with Crippen molar-refractivity contribution in [2.45, 2.75) is 18.7 Å². The van der Waals surface area contributed by atoms with E-state index in [9.17, 15) is 14.7 Å². The van der Waals surface area contributed by atoms with Crippen LogP contribution in [-0.2, 0) is 38.0 Å². The number of hydrogen-bond acceptors (Lipinski definition) is 10. The van der Waals surface area contributed by atoms with Crippen LogP contribution >= 0.6 is 0 Å². The van der Waals surface area contributed by atoms with Crippen molar-refractivity contribution >= 4 is 11.9 Å². The Hall–Kier alpha value is -2.56. The van der Waals surface area contributed by atoms with Crippen molar-refractivity contribution in [3.8, 4) is 12.3 Å². The predicted molar refractivity (Wildman–Crippen MR) is 118 cm³/mol. The summed E-state index contributed by atoms with van der Waals surface area (Å²) in [6.07, 6.45) is 1.47. The van der Waals surface area contributed by atoms with Crippen LogP contribution in [0.5, 0.6) is 0 Å². The van der Waals surface area contributed by atoms with Crippen LogP contribution in [0.4, 0.5) is 0 Å². The highest BCUT2D eigenvalue weighted by molar-refractivity contribution is 5.94. The van der Waals surface area contributed by atoms with Gasteiger partial charge in [0, 0.05) is 17.7 Å². The number of carbonyl (C=O) groups excluding carboxylic acids is 2. The Kier molecular flexibility index (Phi) is 13.1. The van der Waals surface area contributed by atoms with E-state index >= 15 is 0 Å². The second-order valence-electron chi connectivity index (χ2n) is 6.91. The number of esters is 1. The fourth-order valence-corrected chi connectivity index (χ4v) is 2.80. The average molecular weight is 481 g/mol. The Labute approximate surface area is 198 Å². The molecule has 0 spiro atoms. The molecule has 2 rings (SSSR count). The van der Waals surface area contributed by atoms with Gasteiger partial charge in [-0.1, -0.05) is 18.1 Å². The Morgan fingerprint density at radius 1 is 0.971 bits per heavy atom. The second kappa shape index (κ2) is 16.1. The number of aliphatic hydroxyl groups is 1.